The standard InChI is InChI=1S/C26H26ClN3O2/c1-18-8-3-4-9-21(18)26(31)28-17-25-29-23-10-5-6-11-24(23)30(25)14-7-15-32-20-12-13-22(27)19(2)16-20/h3-6,8-13,16H,7,14-15,17H2,1-2H3,(H,28,31). The Kier molecular flexibility index (Phi) is 6.76. The smallest absolute Gasteiger partial charge is 0.251 e. The largest absolute Gasteiger partial charge is 0.494 e. The van der Waals surface area contributed by atoms with Gasteiger partial charge in [0.1, 0.15) is 11.6 Å². The highest BCUT2D eigenvalue weighted by Gasteiger charge is 2.13. The van der Waals surface area contributed by atoms with Crippen molar-refractivity contribution in [1.82, 2.24) is 14.9 Å². The highest BCUT2D eigenvalue weighted by molar-refractivity contribution is 6.31. The number of aromatic nitrogens is 2. The monoisotopic (exact) mass is 447 g/mol. The third-order valence-electron chi connectivity index (χ3n) is 5.45. The van der Waals surface area contributed by atoms with Gasteiger partial charge in [0.15, 0.2) is 0 Å². The second kappa shape index (κ2) is 9.88. The fraction of sp³-hybridized carbons (Fsp3) is 0.231. The molecule has 0 atom stereocenters. The van der Waals surface area contributed by atoms with Crippen LogP contribution in [0.15, 0.2) is 66.7 Å². The van der Waals surface area contributed by atoms with Crippen LogP contribution >= 0.6 is 11.6 Å². The number of nitrogens with zero attached hydrogens (tertiary/aromatic N) is 2. The topological polar surface area (TPSA) is 56.1 Å². The maximum Gasteiger partial charge on any atom is 0.251 e. The number of halogens is 1. The second-order valence-electron chi connectivity index (χ2n) is 7.78. The van der Waals surface area contributed by atoms with Crippen LogP contribution in [-0.4, -0.2) is 22.1 Å². The summed E-state index contributed by atoms with van der Waals surface area (Å²) in [5, 5.41) is 3.75. The van der Waals surface area contributed by atoms with E-state index in [4.69, 9.17) is 21.3 Å². The summed E-state index contributed by atoms with van der Waals surface area (Å²) in [5.41, 5.74) is 4.60. The van der Waals surface area contributed by atoms with Gasteiger partial charge in [-0.25, -0.2) is 4.98 Å². The number of benzene rings is 3. The van der Waals surface area contributed by atoms with Crippen molar-refractivity contribution in [2.75, 3.05) is 6.61 Å². The summed E-state index contributed by atoms with van der Waals surface area (Å²) in [6.45, 7) is 5.57. The van der Waals surface area contributed by atoms with E-state index in [1.807, 2.05) is 74.5 Å². The predicted molar refractivity (Wildman–Crippen MR) is 128 cm³/mol. The highest BCUT2D eigenvalue weighted by atomic mass is 35.5. The van der Waals surface area contributed by atoms with Gasteiger partial charge in [-0.1, -0.05) is 41.9 Å². The van der Waals surface area contributed by atoms with Gasteiger partial charge in [-0.15, -0.1) is 0 Å². The molecule has 0 bridgehead atoms. The Hall–Kier alpha value is -3.31. The third-order valence-corrected chi connectivity index (χ3v) is 5.88. The molecule has 0 saturated heterocycles. The van der Waals surface area contributed by atoms with Crippen LogP contribution in [0.25, 0.3) is 11.0 Å². The first-order valence-electron chi connectivity index (χ1n) is 10.7. The maximum absolute atomic E-state index is 12.7. The van der Waals surface area contributed by atoms with Crippen molar-refractivity contribution in [3.8, 4) is 5.75 Å². The average molecular weight is 448 g/mol. The Balaban J connectivity index is 1.43. The zero-order chi connectivity index (χ0) is 22.5. The van der Waals surface area contributed by atoms with Crippen LogP contribution in [0.2, 0.25) is 5.02 Å². The van der Waals surface area contributed by atoms with E-state index in [1.165, 1.54) is 0 Å². The molecule has 0 aliphatic rings. The molecule has 4 aromatic rings. The zero-order valence-corrected chi connectivity index (χ0v) is 19.0. The van der Waals surface area contributed by atoms with Crippen molar-refractivity contribution in [2.24, 2.45) is 0 Å². The van der Waals surface area contributed by atoms with Gasteiger partial charge in [0, 0.05) is 17.1 Å². The molecule has 5 nitrogen and oxygen atoms in total. The van der Waals surface area contributed by atoms with Crippen LogP contribution in [0, 0.1) is 13.8 Å². The number of fused-ring (bicyclic) bond motifs is 1. The first-order chi connectivity index (χ1) is 15.5. The summed E-state index contributed by atoms with van der Waals surface area (Å²) >= 11 is 6.09. The molecule has 0 radical (unpaired) electrons. The number of hydrogen-bond acceptors (Lipinski definition) is 3. The van der Waals surface area contributed by atoms with Crippen molar-refractivity contribution in [2.45, 2.75) is 33.4 Å². The molecular weight excluding hydrogens is 422 g/mol. The van der Waals surface area contributed by atoms with Crippen molar-refractivity contribution in [1.29, 1.82) is 0 Å². The van der Waals surface area contributed by atoms with Gasteiger partial charge < -0.3 is 14.6 Å². The lowest BCUT2D eigenvalue weighted by atomic mass is 10.1. The van der Waals surface area contributed by atoms with Crippen molar-refractivity contribution >= 4 is 28.5 Å². The highest BCUT2D eigenvalue weighted by Crippen LogP contribution is 2.21. The quantitative estimate of drug-likeness (QED) is 0.352. The lowest BCUT2D eigenvalue weighted by Crippen LogP contribution is -2.25. The van der Waals surface area contributed by atoms with E-state index in [0.29, 0.717) is 18.7 Å². The van der Waals surface area contributed by atoms with E-state index in [0.717, 1.165) is 51.7 Å². The molecule has 32 heavy (non-hydrogen) atoms. The molecule has 1 aromatic heterocycles. The second-order valence-corrected chi connectivity index (χ2v) is 8.19. The zero-order valence-electron chi connectivity index (χ0n) is 18.3. The van der Waals surface area contributed by atoms with Crippen LogP contribution in [0.1, 0.15) is 33.7 Å². The van der Waals surface area contributed by atoms with E-state index < -0.39 is 0 Å². The molecule has 0 spiro atoms. The Morgan fingerprint density at radius 1 is 1.03 bits per heavy atom. The lowest BCUT2D eigenvalue weighted by molar-refractivity contribution is 0.0949. The first-order valence-corrected chi connectivity index (χ1v) is 11.1. The number of rotatable bonds is 8. The van der Waals surface area contributed by atoms with Gasteiger partial charge in [-0.05, 0) is 67.8 Å². The van der Waals surface area contributed by atoms with Gasteiger partial charge in [-0.2, -0.15) is 0 Å². The Labute approximate surface area is 193 Å². The number of nitrogens with one attached hydrogen (secondary N) is 1. The van der Waals surface area contributed by atoms with Gasteiger partial charge in [0.25, 0.3) is 5.91 Å². The van der Waals surface area contributed by atoms with Gasteiger partial charge in [-0.3, -0.25) is 4.79 Å². The minimum absolute atomic E-state index is 0.0943. The number of hydrogen-bond donors (Lipinski definition) is 1. The summed E-state index contributed by atoms with van der Waals surface area (Å²) in [7, 11) is 0. The maximum atomic E-state index is 12.7. The fourth-order valence-corrected chi connectivity index (χ4v) is 3.83. The molecule has 3 aromatic carbocycles. The number of imidazole rings is 1. The van der Waals surface area contributed by atoms with Gasteiger partial charge >= 0.3 is 0 Å². The normalized spacial score (nSPS) is 11.0. The minimum Gasteiger partial charge on any atom is -0.494 e. The summed E-state index contributed by atoms with van der Waals surface area (Å²) < 4.78 is 8.06. The van der Waals surface area contributed by atoms with E-state index in [-0.39, 0.29) is 5.91 Å². The molecule has 1 heterocycles. The fourth-order valence-electron chi connectivity index (χ4n) is 3.71. The van der Waals surface area contributed by atoms with Gasteiger partial charge in [0.05, 0.1) is 24.2 Å². The molecule has 1 amide bonds. The number of carbonyl (C=O) groups is 1. The lowest BCUT2D eigenvalue weighted by Gasteiger charge is -2.12. The van der Waals surface area contributed by atoms with Crippen LogP contribution in [0.3, 0.4) is 0 Å². The number of amides is 1. The Morgan fingerprint density at radius 2 is 1.81 bits per heavy atom. The number of carbonyl (C=O) groups excluding carboxylic acids is 1. The molecule has 0 saturated carbocycles. The molecule has 0 aliphatic carbocycles. The first kappa shape index (κ1) is 21.9. The Morgan fingerprint density at radius 3 is 2.62 bits per heavy atom. The van der Waals surface area contributed by atoms with Crippen molar-refractivity contribution in [3.05, 3.63) is 94.3 Å². The summed E-state index contributed by atoms with van der Waals surface area (Å²) in [4.78, 5) is 17.4. The minimum atomic E-state index is -0.0943. The van der Waals surface area contributed by atoms with Crippen molar-refractivity contribution < 1.29 is 9.53 Å². The number of aryl methyl sites for hydroxylation is 3. The third kappa shape index (κ3) is 4.94. The molecule has 0 aliphatic heterocycles. The Bertz CT molecular complexity index is 1250. The predicted octanol–water partition coefficient (Wildman–Crippen LogP) is 5.71. The van der Waals surface area contributed by atoms with Crippen molar-refractivity contribution in [3.63, 3.8) is 0 Å². The van der Waals surface area contributed by atoms with Crippen LogP contribution in [-0.2, 0) is 13.1 Å². The van der Waals surface area contributed by atoms with Gasteiger partial charge in [0.2, 0.25) is 0 Å². The SMILES string of the molecule is Cc1cc(OCCCn2c(CNC(=O)c3ccccc3C)nc3ccccc32)ccc1Cl. The average Bonchev–Trinajstić information content (AvgIpc) is 3.15. The van der Waals surface area contributed by atoms with Crippen LogP contribution in [0.5, 0.6) is 5.75 Å². The molecule has 0 unspecified atom stereocenters. The summed E-state index contributed by atoms with van der Waals surface area (Å²) in [6.07, 6.45) is 0.806. The molecular formula is C26H26ClN3O2. The number of ether oxygens (including phenoxy) is 1. The van der Waals surface area contributed by atoms with Crippen LogP contribution in [0.4, 0.5) is 0 Å². The van der Waals surface area contributed by atoms with Crippen LogP contribution < -0.4 is 10.1 Å². The van der Waals surface area contributed by atoms with E-state index >= 15 is 0 Å². The summed E-state index contributed by atoms with van der Waals surface area (Å²) in [6, 6.07) is 21.3. The molecule has 164 valence electrons. The molecule has 1 N–H and O–H groups in total. The molecule has 0 fully saturated rings. The number of para-hydroxylation sites is 2. The van der Waals surface area contributed by atoms with E-state index in [2.05, 4.69) is 16.0 Å². The van der Waals surface area contributed by atoms with E-state index in [1.54, 1.807) is 0 Å². The molecule has 6 heteroatoms. The summed E-state index contributed by atoms with van der Waals surface area (Å²) in [5.74, 6) is 1.55. The molecule has 4 rings (SSSR count). The van der Waals surface area contributed by atoms with E-state index in [9.17, 15) is 4.79 Å².